The van der Waals surface area contributed by atoms with Gasteiger partial charge in [-0.25, -0.2) is 0 Å². The number of amides is 1. The molecule has 8 nitrogen and oxygen atoms in total. The summed E-state index contributed by atoms with van der Waals surface area (Å²) in [6, 6.07) is 10.8. The van der Waals surface area contributed by atoms with Gasteiger partial charge in [0.15, 0.2) is 6.61 Å². The minimum absolute atomic E-state index is 0.0232. The molecule has 0 aliphatic carbocycles. The molecule has 27 heavy (non-hydrogen) atoms. The van der Waals surface area contributed by atoms with Crippen LogP contribution >= 0.6 is 0 Å². The molecule has 1 fully saturated rings. The Morgan fingerprint density at radius 2 is 2.11 bits per heavy atom. The third-order valence-corrected chi connectivity index (χ3v) is 4.35. The fraction of sp³-hybridized carbons (Fsp3) is 0.263. The zero-order valence-corrected chi connectivity index (χ0v) is 14.7. The molecule has 1 aliphatic heterocycles. The molecular formula is C19H18N4O4. The van der Waals surface area contributed by atoms with E-state index in [0.29, 0.717) is 36.3 Å². The third kappa shape index (κ3) is 3.74. The summed E-state index contributed by atoms with van der Waals surface area (Å²) in [5, 5.41) is 3.99. The Labute approximate surface area is 155 Å². The predicted octanol–water partition coefficient (Wildman–Crippen LogP) is 2.14. The Bertz CT molecular complexity index is 922. The van der Waals surface area contributed by atoms with Crippen LogP contribution < -0.4 is 9.47 Å². The van der Waals surface area contributed by atoms with Crippen LogP contribution in [0.25, 0.3) is 11.4 Å². The van der Waals surface area contributed by atoms with Crippen molar-refractivity contribution in [2.45, 2.75) is 5.92 Å². The smallest absolute Gasteiger partial charge is 0.260 e. The number of nitrogens with zero attached hydrogens (tertiary/aromatic N) is 4. The van der Waals surface area contributed by atoms with E-state index < -0.39 is 0 Å². The van der Waals surface area contributed by atoms with Crippen LogP contribution in [-0.4, -0.2) is 52.7 Å². The third-order valence-electron chi connectivity index (χ3n) is 4.35. The first-order valence-electron chi connectivity index (χ1n) is 8.51. The Balaban J connectivity index is 1.29. The summed E-state index contributed by atoms with van der Waals surface area (Å²) in [6.07, 6.45) is 3.37. The van der Waals surface area contributed by atoms with E-state index in [-0.39, 0.29) is 18.4 Å². The number of hydrogen-bond donors (Lipinski definition) is 0. The molecule has 0 bridgehead atoms. The first-order valence-corrected chi connectivity index (χ1v) is 8.51. The Kier molecular flexibility index (Phi) is 4.69. The lowest BCUT2D eigenvalue weighted by molar-refractivity contribution is -0.138. The van der Waals surface area contributed by atoms with Gasteiger partial charge < -0.3 is 18.9 Å². The van der Waals surface area contributed by atoms with Crippen LogP contribution in [0.4, 0.5) is 0 Å². The fourth-order valence-electron chi connectivity index (χ4n) is 2.78. The highest BCUT2D eigenvalue weighted by molar-refractivity contribution is 5.78. The van der Waals surface area contributed by atoms with E-state index in [2.05, 4.69) is 15.1 Å². The lowest BCUT2D eigenvalue weighted by Gasteiger charge is -2.36. The number of methoxy groups -OCH3 is 1. The first kappa shape index (κ1) is 17.0. The number of likely N-dealkylation sites (tertiary alicyclic amines) is 1. The van der Waals surface area contributed by atoms with Gasteiger partial charge in [0.05, 0.1) is 13.0 Å². The summed E-state index contributed by atoms with van der Waals surface area (Å²) in [7, 11) is 1.59. The van der Waals surface area contributed by atoms with Crippen LogP contribution in [-0.2, 0) is 4.79 Å². The van der Waals surface area contributed by atoms with E-state index in [4.69, 9.17) is 14.0 Å². The van der Waals surface area contributed by atoms with E-state index in [9.17, 15) is 4.79 Å². The van der Waals surface area contributed by atoms with Gasteiger partial charge in [-0.1, -0.05) is 11.2 Å². The molecule has 1 amide bonds. The van der Waals surface area contributed by atoms with Crippen molar-refractivity contribution in [3.63, 3.8) is 0 Å². The number of ether oxygens (including phenoxy) is 2. The Morgan fingerprint density at radius 3 is 2.89 bits per heavy atom. The molecule has 0 saturated carbocycles. The second-order valence-corrected chi connectivity index (χ2v) is 6.16. The van der Waals surface area contributed by atoms with Crippen molar-refractivity contribution >= 4 is 5.91 Å². The molecule has 2 aromatic heterocycles. The van der Waals surface area contributed by atoms with Crippen molar-refractivity contribution in [3.8, 4) is 22.9 Å². The molecule has 1 aromatic carbocycles. The van der Waals surface area contributed by atoms with Gasteiger partial charge in [-0.2, -0.15) is 4.98 Å². The fourth-order valence-corrected chi connectivity index (χ4v) is 2.78. The van der Waals surface area contributed by atoms with Crippen LogP contribution in [0.1, 0.15) is 11.8 Å². The molecule has 8 heteroatoms. The number of pyridine rings is 1. The van der Waals surface area contributed by atoms with E-state index >= 15 is 0 Å². The maximum Gasteiger partial charge on any atom is 0.260 e. The number of aromatic nitrogens is 3. The summed E-state index contributed by atoms with van der Waals surface area (Å²) >= 11 is 0. The molecule has 4 rings (SSSR count). The quantitative estimate of drug-likeness (QED) is 0.660. The highest BCUT2D eigenvalue weighted by atomic mass is 16.5. The van der Waals surface area contributed by atoms with Crippen molar-refractivity contribution in [3.05, 3.63) is 54.7 Å². The molecule has 1 aliphatic rings. The summed E-state index contributed by atoms with van der Waals surface area (Å²) < 4.78 is 16.0. The number of carbonyl (C=O) groups is 1. The van der Waals surface area contributed by atoms with Crippen LogP contribution in [0.5, 0.6) is 11.5 Å². The molecule has 0 spiro atoms. The van der Waals surface area contributed by atoms with Crippen molar-refractivity contribution in [1.29, 1.82) is 0 Å². The number of carbonyl (C=O) groups excluding carboxylic acids is 1. The second kappa shape index (κ2) is 7.45. The van der Waals surface area contributed by atoms with Gasteiger partial charge in [0.1, 0.15) is 11.5 Å². The molecule has 3 aromatic rings. The summed E-state index contributed by atoms with van der Waals surface area (Å²) in [5.41, 5.74) is 0.798. The maximum atomic E-state index is 12.3. The van der Waals surface area contributed by atoms with Crippen LogP contribution in [0.2, 0.25) is 0 Å². The monoisotopic (exact) mass is 366 g/mol. The maximum absolute atomic E-state index is 12.3. The largest absolute Gasteiger partial charge is 0.497 e. The summed E-state index contributed by atoms with van der Waals surface area (Å²) in [5.74, 6) is 2.28. The Morgan fingerprint density at radius 1 is 1.26 bits per heavy atom. The van der Waals surface area contributed by atoms with Gasteiger partial charge in [0, 0.05) is 37.1 Å². The molecule has 0 radical (unpaired) electrons. The van der Waals surface area contributed by atoms with Gasteiger partial charge in [-0.15, -0.1) is 0 Å². The van der Waals surface area contributed by atoms with E-state index in [1.165, 1.54) is 0 Å². The highest BCUT2D eigenvalue weighted by Crippen LogP contribution is 2.27. The Hall–Kier alpha value is -3.42. The number of rotatable bonds is 6. The van der Waals surface area contributed by atoms with Crippen LogP contribution in [0.3, 0.4) is 0 Å². The lowest BCUT2D eigenvalue weighted by Crippen LogP contribution is -2.50. The van der Waals surface area contributed by atoms with Crippen LogP contribution in [0.15, 0.2) is 53.3 Å². The molecule has 3 heterocycles. The number of hydrogen-bond acceptors (Lipinski definition) is 7. The van der Waals surface area contributed by atoms with Gasteiger partial charge in [0.2, 0.25) is 11.7 Å². The number of benzene rings is 1. The molecule has 138 valence electrons. The second-order valence-electron chi connectivity index (χ2n) is 6.16. The van der Waals surface area contributed by atoms with Crippen molar-refractivity contribution < 1.29 is 18.8 Å². The minimum atomic E-state index is -0.0823. The standard InChI is InChI=1S/C19H18N4O4/c1-25-15-5-2-6-16(8-15)26-12-17(24)23-10-14(11-23)19-21-18(22-27-19)13-4-3-7-20-9-13/h2-9,14H,10-12H2,1H3. The van der Waals surface area contributed by atoms with E-state index in [0.717, 1.165) is 5.56 Å². The first-order chi connectivity index (χ1) is 13.2. The molecular weight excluding hydrogens is 348 g/mol. The highest BCUT2D eigenvalue weighted by Gasteiger charge is 2.35. The minimum Gasteiger partial charge on any atom is -0.497 e. The zero-order valence-electron chi connectivity index (χ0n) is 14.7. The van der Waals surface area contributed by atoms with Gasteiger partial charge in [-0.05, 0) is 24.3 Å². The van der Waals surface area contributed by atoms with Gasteiger partial charge in [0.25, 0.3) is 5.91 Å². The lowest BCUT2D eigenvalue weighted by atomic mass is 10.0. The average molecular weight is 366 g/mol. The zero-order chi connectivity index (χ0) is 18.6. The predicted molar refractivity (Wildman–Crippen MR) is 95.3 cm³/mol. The molecule has 0 N–H and O–H groups in total. The van der Waals surface area contributed by atoms with Crippen molar-refractivity contribution in [1.82, 2.24) is 20.0 Å². The summed E-state index contributed by atoms with van der Waals surface area (Å²) in [6.45, 7) is 1.05. The molecule has 0 atom stereocenters. The topological polar surface area (TPSA) is 90.6 Å². The van der Waals surface area contributed by atoms with Crippen molar-refractivity contribution in [2.75, 3.05) is 26.8 Å². The van der Waals surface area contributed by atoms with Crippen LogP contribution in [0, 0.1) is 0 Å². The van der Waals surface area contributed by atoms with Crippen molar-refractivity contribution in [2.24, 2.45) is 0 Å². The average Bonchev–Trinajstić information content (AvgIpc) is 3.16. The van der Waals surface area contributed by atoms with Gasteiger partial charge in [-0.3, -0.25) is 9.78 Å². The summed E-state index contributed by atoms with van der Waals surface area (Å²) in [4.78, 5) is 22.4. The van der Waals surface area contributed by atoms with E-state index in [1.807, 2.05) is 24.3 Å². The SMILES string of the molecule is COc1cccc(OCC(=O)N2CC(c3nc(-c4cccnc4)no3)C2)c1. The van der Waals surface area contributed by atoms with E-state index in [1.54, 1.807) is 36.5 Å². The van der Waals surface area contributed by atoms with Gasteiger partial charge >= 0.3 is 0 Å². The molecule has 0 unspecified atom stereocenters. The molecule has 1 saturated heterocycles. The normalized spacial score (nSPS) is 13.9.